The van der Waals surface area contributed by atoms with Crippen LogP contribution in [0.15, 0.2) is 67.3 Å². The molecule has 1 saturated heterocycles. The van der Waals surface area contributed by atoms with E-state index in [1.165, 1.54) is 54.0 Å². The van der Waals surface area contributed by atoms with Gasteiger partial charge in [-0.25, -0.2) is 0 Å². The monoisotopic (exact) mass is 318 g/mol. The minimum atomic E-state index is 1.18. The van der Waals surface area contributed by atoms with E-state index in [4.69, 9.17) is 0 Å². The summed E-state index contributed by atoms with van der Waals surface area (Å²) < 4.78 is 0. The zero-order valence-corrected chi connectivity index (χ0v) is 14.7. The molecule has 0 amide bonds. The van der Waals surface area contributed by atoms with Crippen molar-refractivity contribution in [3.8, 4) is 0 Å². The molecular formula is C22H26N2. The molecule has 0 N–H and O–H groups in total. The Morgan fingerprint density at radius 2 is 1.46 bits per heavy atom. The first kappa shape index (κ1) is 16.4. The van der Waals surface area contributed by atoms with Gasteiger partial charge in [0.2, 0.25) is 0 Å². The molecule has 0 spiro atoms. The maximum absolute atomic E-state index is 3.89. The van der Waals surface area contributed by atoms with Gasteiger partial charge in [0.05, 0.1) is 0 Å². The van der Waals surface area contributed by atoms with Crippen LogP contribution in [0.2, 0.25) is 0 Å². The quantitative estimate of drug-likeness (QED) is 0.718. The van der Waals surface area contributed by atoms with Gasteiger partial charge in [-0.2, -0.15) is 0 Å². The standard InChI is InChI=1S/C22H26N2/c1-4-7-22(18-8-12-20(13-9-18)23(2)3)19-10-14-21(15-11-19)24-16-5-6-17-24/h4,7-15H,1,5-6,16-17H2,2-3H3/b22-7+. The normalized spacial score (nSPS) is 14.8. The van der Waals surface area contributed by atoms with E-state index in [1.807, 2.05) is 6.08 Å². The first-order chi connectivity index (χ1) is 11.7. The summed E-state index contributed by atoms with van der Waals surface area (Å²) in [7, 11) is 4.12. The zero-order chi connectivity index (χ0) is 16.9. The van der Waals surface area contributed by atoms with Gasteiger partial charge in [0, 0.05) is 38.6 Å². The van der Waals surface area contributed by atoms with Crippen molar-refractivity contribution in [1.82, 2.24) is 0 Å². The molecule has 124 valence electrons. The van der Waals surface area contributed by atoms with Crippen LogP contribution < -0.4 is 9.80 Å². The molecule has 2 aromatic carbocycles. The second-order valence-corrected chi connectivity index (χ2v) is 6.50. The molecule has 0 aromatic heterocycles. The highest BCUT2D eigenvalue weighted by molar-refractivity contribution is 5.82. The summed E-state index contributed by atoms with van der Waals surface area (Å²) >= 11 is 0. The van der Waals surface area contributed by atoms with E-state index < -0.39 is 0 Å². The Morgan fingerprint density at radius 1 is 0.917 bits per heavy atom. The Kier molecular flexibility index (Phi) is 5.05. The summed E-state index contributed by atoms with van der Waals surface area (Å²) in [6.45, 7) is 6.25. The van der Waals surface area contributed by atoms with E-state index in [-0.39, 0.29) is 0 Å². The molecule has 0 unspecified atom stereocenters. The van der Waals surface area contributed by atoms with Gasteiger partial charge in [0.1, 0.15) is 0 Å². The predicted octanol–water partition coefficient (Wildman–Crippen LogP) is 4.97. The molecule has 0 atom stereocenters. The van der Waals surface area contributed by atoms with E-state index in [1.54, 1.807) is 0 Å². The number of nitrogens with zero attached hydrogens (tertiary/aromatic N) is 2. The fourth-order valence-electron chi connectivity index (χ4n) is 3.24. The molecule has 24 heavy (non-hydrogen) atoms. The molecule has 2 nitrogen and oxygen atoms in total. The first-order valence-corrected chi connectivity index (χ1v) is 8.65. The van der Waals surface area contributed by atoms with Crippen LogP contribution in [0, 0.1) is 0 Å². The third-order valence-electron chi connectivity index (χ3n) is 4.63. The van der Waals surface area contributed by atoms with Crippen molar-refractivity contribution >= 4 is 16.9 Å². The number of hydrogen-bond acceptors (Lipinski definition) is 2. The lowest BCUT2D eigenvalue weighted by Crippen LogP contribution is -2.17. The molecule has 0 saturated carbocycles. The summed E-state index contributed by atoms with van der Waals surface area (Å²) in [5.41, 5.74) is 6.20. The van der Waals surface area contributed by atoms with Gasteiger partial charge in [0.15, 0.2) is 0 Å². The second kappa shape index (κ2) is 7.39. The van der Waals surface area contributed by atoms with Gasteiger partial charge in [-0.1, -0.05) is 43.0 Å². The minimum Gasteiger partial charge on any atom is -0.378 e. The van der Waals surface area contributed by atoms with Gasteiger partial charge in [-0.05, 0) is 53.8 Å². The molecule has 3 rings (SSSR count). The first-order valence-electron chi connectivity index (χ1n) is 8.65. The lowest BCUT2D eigenvalue weighted by atomic mass is 9.97. The topological polar surface area (TPSA) is 6.48 Å². The summed E-state index contributed by atoms with van der Waals surface area (Å²) in [5, 5.41) is 0. The number of benzene rings is 2. The predicted molar refractivity (Wildman–Crippen MR) is 106 cm³/mol. The molecule has 1 fully saturated rings. The molecule has 1 heterocycles. The molecular weight excluding hydrogens is 292 g/mol. The van der Waals surface area contributed by atoms with Crippen LogP contribution in [0.1, 0.15) is 24.0 Å². The van der Waals surface area contributed by atoms with Crippen LogP contribution in [-0.2, 0) is 0 Å². The summed E-state index contributed by atoms with van der Waals surface area (Å²) in [6, 6.07) is 17.6. The lowest BCUT2D eigenvalue weighted by molar-refractivity contribution is 0.949. The maximum Gasteiger partial charge on any atom is 0.0366 e. The van der Waals surface area contributed by atoms with Gasteiger partial charge in [-0.15, -0.1) is 0 Å². The number of allylic oxidation sites excluding steroid dienone is 2. The van der Waals surface area contributed by atoms with E-state index >= 15 is 0 Å². The Labute approximate surface area is 145 Å². The van der Waals surface area contributed by atoms with Crippen LogP contribution in [0.5, 0.6) is 0 Å². The van der Waals surface area contributed by atoms with Crippen molar-refractivity contribution in [1.29, 1.82) is 0 Å². The third-order valence-corrected chi connectivity index (χ3v) is 4.63. The molecule has 1 aliphatic heterocycles. The summed E-state index contributed by atoms with van der Waals surface area (Å²) in [6.07, 6.45) is 6.57. The SMILES string of the molecule is C=C/C=C(\c1ccc(N(C)C)cc1)c1ccc(N2CCCC2)cc1. The van der Waals surface area contributed by atoms with Gasteiger partial charge < -0.3 is 9.80 Å². The summed E-state index contributed by atoms with van der Waals surface area (Å²) in [4.78, 5) is 4.58. The van der Waals surface area contributed by atoms with Crippen LogP contribution >= 0.6 is 0 Å². The van der Waals surface area contributed by atoms with Gasteiger partial charge >= 0.3 is 0 Å². The van der Waals surface area contributed by atoms with Crippen LogP contribution in [0.4, 0.5) is 11.4 Å². The van der Waals surface area contributed by atoms with Crippen LogP contribution in [-0.4, -0.2) is 27.2 Å². The van der Waals surface area contributed by atoms with Crippen molar-refractivity contribution in [3.63, 3.8) is 0 Å². The highest BCUT2D eigenvalue weighted by Crippen LogP contribution is 2.28. The van der Waals surface area contributed by atoms with Crippen molar-refractivity contribution in [2.75, 3.05) is 37.0 Å². The van der Waals surface area contributed by atoms with Crippen LogP contribution in [0.3, 0.4) is 0 Å². The fraction of sp³-hybridized carbons (Fsp3) is 0.273. The third kappa shape index (κ3) is 3.53. The summed E-state index contributed by atoms with van der Waals surface area (Å²) in [5.74, 6) is 0. The zero-order valence-electron chi connectivity index (χ0n) is 14.7. The molecule has 0 bridgehead atoms. The van der Waals surface area contributed by atoms with E-state index in [2.05, 4.69) is 85.1 Å². The maximum atomic E-state index is 3.89. The second-order valence-electron chi connectivity index (χ2n) is 6.50. The van der Waals surface area contributed by atoms with Crippen LogP contribution in [0.25, 0.3) is 5.57 Å². The molecule has 0 radical (unpaired) electrons. The Balaban J connectivity index is 1.87. The van der Waals surface area contributed by atoms with Gasteiger partial charge in [0.25, 0.3) is 0 Å². The number of anilines is 2. The highest BCUT2D eigenvalue weighted by atomic mass is 15.1. The fourth-order valence-corrected chi connectivity index (χ4v) is 3.24. The lowest BCUT2D eigenvalue weighted by Gasteiger charge is -2.18. The average molecular weight is 318 g/mol. The Morgan fingerprint density at radius 3 is 1.96 bits per heavy atom. The van der Waals surface area contributed by atoms with E-state index in [0.29, 0.717) is 0 Å². The van der Waals surface area contributed by atoms with E-state index in [0.717, 1.165) is 0 Å². The Hall–Kier alpha value is -2.48. The smallest absolute Gasteiger partial charge is 0.0366 e. The average Bonchev–Trinajstić information content (AvgIpc) is 3.15. The van der Waals surface area contributed by atoms with Crippen molar-refractivity contribution in [2.24, 2.45) is 0 Å². The largest absolute Gasteiger partial charge is 0.378 e. The number of hydrogen-bond donors (Lipinski definition) is 0. The molecule has 1 aliphatic rings. The molecule has 2 heteroatoms. The Bertz CT molecular complexity index is 703. The van der Waals surface area contributed by atoms with E-state index in [9.17, 15) is 0 Å². The van der Waals surface area contributed by atoms with Crippen molar-refractivity contribution < 1.29 is 0 Å². The van der Waals surface area contributed by atoms with Crippen molar-refractivity contribution in [3.05, 3.63) is 78.4 Å². The molecule has 2 aromatic rings. The van der Waals surface area contributed by atoms with Crippen molar-refractivity contribution in [2.45, 2.75) is 12.8 Å². The molecule has 0 aliphatic carbocycles. The van der Waals surface area contributed by atoms with Gasteiger partial charge in [-0.3, -0.25) is 0 Å². The number of rotatable bonds is 5. The highest BCUT2D eigenvalue weighted by Gasteiger charge is 2.12. The minimum absolute atomic E-state index is 1.18.